The molecule has 0 spiro atoms. The number of benzene rings is 3. The molecule has 0 aliphatic rings. The summed E-state index contributed by atoms with van der Waals surface area (Å²) in [5.74, 6) is 1.09. The SMILES string of the molecule is COc1cc(/C=C/C(=O)NCCn2ccc3ccccc32)ccc1OCc1ccc(Cl)cc1. The molecule has 1 N–H and O–H groups in total. The molecule has 0 saturated heterocycles. The first-order valence-electron chi connectivity index (χ1n) is 10.7. The summed E-state index contributed by atoms with van der Waals surface area (Å²) in [6.45, 7) is 1.66. The van der Waals surface area contributed by atoms with Crippen LogP contribution in [0.4, 0.5) is 0 Å². The Labute approximate surface area is 198 Å². The van der Waals surface area contributed by atoms with Crippen molar-refractivity contribution >= 4 is 34.5 Å². The molecule has 1 heterocycles. The van der Waals surface area contributed by atoms with Gasteiger partial charge >= 0.3 is 0 Å². The Morgan fingerprint density at radius 3 is 2.67 bits per heavy atom. The lowest BCUT2D eigenvalue weighted by molar-refractivity contribution is -0.116. The molecule has 0 atom stereocenters. The Hall–Kier alpha value is -3.70. The molecule has 6 heteroatoms. The number of amides is 1. The lowest BCUT2D eigenvalue weighted by Crippen LogP contribution is -2.25. The van der Waals surface area contributed by atoms with Crippen LogP contribution in [0.2, 0.25) is 5.02 Å². The molecule has 0 fully saturated rings. The quantitative estimate of drug-likeness (QED) is 0.325. The molecule has 0 saturated carbocycles. The molecule has 33 heavy (non-hydrogen) atoms. The van der Waals surface area contributed by atoms with Crippen LogP contribution in [0.3, 0.4) is 0 Å². The maximum atomic E-state index is 12.2. The van der Waals surface area contributed by atoms with Crippen molar-refractivity contribution in [2.24, 2.45) is 0 Å². The van der Waals surface area contributed by atoms with E-state index in [0.29, 0.717) is 36.2 Å². The molecule has 5 nitrogen and oxygen atoms in total. The zero-order valence-corrected chi connectivity index (χ0v) is 19.1. The maximum absolute atomic E-state index is 12.2. The number of carbonyl (C=O) groups excluding carboxylic acids is 1. The average molecular weight is 461 g/mol. The lowest BCUT2D eigenvalue weighted by Gasteiger charge is -2.11. The van der Waals surface area contributed by atoms with E-state index in [1.807, 2.05) is 60.8 Å². The minimum atomic E-state index is -0.145. The normalized spacial score (nSPS) is 11.1. The highest BCUT2D eigenvalue weighted by molar-refractivity contribution is 6.30. The Balaban J connectivity index is 1.30. The fourth-order valence-corrected chi connectivity index (χ4v) is 3.64. The number of para-hydroxylation sites is 1. The van der Waals surface area contributed by atoms with Gasteiger partial charge in [-0.15, -0.1) is 0 Å². The van der Waals surface area contributed by atoms with Gasteiger partial charge in [-0.05, 0) is 59.0 Å². The van der Waals surface area contributed by atoms with Crippen LogP contribution in [0.15, 0.2) is 85.1 Å². The number of hydrogen-bond donors (Lipinski definition) is 1. The van der Waals surface area contributed by atoms with Gasteiger partial charge < -0.3 is 19.4 Å². The van der Waals surface area contributed by atoms with E-state index in [9.17, 15) is 4.79 Å². The number of methoxy groups -OCH3 is 1. The highest BCUT2D eigenvalue weighted by Gasteiger charge is 2.06. The van der Waals surface area contributed by atoms with Crippen molar-refractivity contribution < 1.29 is 14.3 Å². The summed E-state index contributed by atoms with van der Waals surface area (Å²) in [5, 5.41) is 4.81. The van der Waals surface area contributed by atoms with Gasteiger partial charge in [0.25, 0.3) is 0 Å². The molecule has 1 amide bonds. The van der Waals surface area contributed by atoms with Gasteiger partial charge in [0.2, 0.25) is 5.91 Å². The summed E-state index contributed by atoms with van der Waals surface area (Å²) in [4.78, 5) is 12.2. The molecule has 3 aromatic carbocycles. The number of hydrogen-bond acceptors (Lipinski definition) is 3. The van der Waals surface area contributed by atoms with Gasteiger partial charge in [-0.25, -0.2) is 0 Å². The third kappa shape index (κ3) is 5.96. The summed E-state index contributed by atoms with van der Waals surface area (Å²) in [7, 11) is 1.59. The van der Waals surface area contributed by atoms with Gasteiger partial charge in [0, 0.05) is 35.9 Å². The molecular weight excluding hydrogens is 436 g/mol. The number of ether oxygens (including phenoxy) is 2. The van der Waals surface area contributed by atoms with E-state index in [1.165, 1.54) is 11.5 Å². The summed E-state index contributed by atoms with van der Waals surface area (Å²) < 4.78 is 13.5. The Kier molecular flexibility index (Phi) is 7.33. The summed E-state index contributed by atoms with van der Waals surface area (Å²) in [6, 6.07) is 23.3. The average Bonchev–Trinajstić information content (AvgIpc) is 3.25. The van der Waals surface area contributed by atoms with Crippen LogP contribution >= 0.6 is 11.6 Å². The highest BCUT2D eigenvalue weighted by Crippen LogP contribution is 2.29. The van der Waals surface area contributed by atoms with Gasteiger partial charge in [-0.3, -0.25) is 4.79 Å². The molecule has 0 unspecified atom stereocenters. The second-order valence-electron chi connectivity index (χ2n) is 7.52. The van der Waals surface area contributed by atoms with Crippen LogP contribution in [0.25, 0.3) is 17.0 Å². The number of carbonyl (C=O) groups is 1. The monoisotopic (exact) mass is 460 g/mol. The van der Waals surface area contributed by atoms with E-state index < -0.39 is 0 Å². The van der Waals surface area contributed by atoms with Crippen molar-refractivity contribution in [2.75, 3.05) is 13.7 Å². The second kappa shape index (κ2) is 10.7. The fraction of sp³-hybridized carbons (Fsp3) is 0.148. The zero-order chi connectivity index (χ0) is 23.0. The van der Waals surface area contributed by atoms with Gasteiger partial charge in [-0.2, -0.15) is 0 Å². The predicted octanol–water partition coefficient (Wildman–Crippen LogP) is 5.71. The van der Waals surface area contributed by atoms with Crippen LogP contribution in [-0.2, 0) is 17.9 Å². The molecule has 4 rings (SSSR count). The number of nitrogens with one attached hydrogen (secondary N) is 1. The van der Waals surface area contributed by atoms with Crippen LogP contribution in [0.1, 0.15) is 11.1 Å². The largest absolute Gasteiger partial charge is 0.493 e. The standard InChI is InChI=1S/C27H25ClN2O3/c1-32-26-18-20(8-12-25(26)33-19-21-6-10-23(28)11-7-21)9-13-27(31)29-15-17-30-16-14-22-4-2-3-5-24(22)30/h2-14,16,18H,15,17,19H2,1H3,(H,29,31)/b13-9+. The third-order valence-electron chi connectivity index (χ3n) is 5.25. The van der Waals surface area contributed by atoms with Crippen molar-refractivity contribution in [1.29, 1.82) is 0 Å². The summed E-state index contributed by atoms with van der Waals surface area (Å²) in [6.07, 6.45) is 5.32. The van der Waals surface area contributed by atoms with Gasteiger partial charge in [0.05, 0.1) is 7.11 Å². The van der Waals surface area contributed by atoms with E-state index in [4.69, 9.17) is 21.1 Å². The van der Waals surface area contributed by atoms with Crippen LogP contribution in [0, 0.1) is 0 Å². The molecule has 0 radical (unpaired) electrons. The second-order valence-corrected chi connectivity index (χ2v) is 7.95. The number of nitrogens with zero attached hydrogens (tertiary/aromatic N) is 1. The van der Waals surface area contributed by atoms with E-state index >= 15 is 0 Å². The van der Waals surface area contributed by atoms with Crippen LogP contribution in [-0.4, -0.2) is 24.1 Å². The van der Waals surface area contributed by atoms with Gasteiger partial charge in [0.15, 0.2) is 11.5 Å². The van der Waals surface area contributed by atoms with E-state index in [1.54, 1.807) is 13.2 Å². The molecule has 1 aromatic heterocycles. The van der Waals surface area contributed by atoms with Crippen molar-refractivity contribution in [3.63, 3.8) is 0 Å². The number of aromatic nitrogens is 1. The predicted molar refractivity (Wildman–Crippen MR) is 133 cm³/mol. The van der Waals surface area contributed by atoms with Crippen molar-refractivity contribution in [2.45, 2.75) is 13.2 Å². The fourth-order valence-electron chi connectivity index (χ4n) is 3.51. The van der Waals surface area contributed by atoms with Crippen LogP contribution < -0.4 is 14.8 Å². The lowest BCUT2D eigenvalue weighted by atomic mass is 10.2. The molecule has 0 aliphatic carbocycles. The summed E-state index contributed by atoms with van der Waals surface area (Å²) in [5.41, 5.74) is 3.01. The molecule has 0 aliphatic heterocycles. The number of fused-ring (bicyclic) bond motifs is 1. The zero-order valence-electron chi connectivity index (χ0n) is 18.3. The minimum Gasteiger partial charge on any atom is -0.493 e. The molecule has 0 bridgehead atoms. The first-order chi connectivity index (χ1) is 16.1. The maximum Gasteiger partial charge on any atom is 0.244 e. The topological polar surface area (TPSA) is 52.5 Å². The Morgan fingerprint density at radius 1 is 1.03 bits per heavy atom. The van der Waals surface area contributed by atoms with E-state index in [0.717, 1.165) is 16.6 Å². The summed E-state index contributed by atoms with van der Waals surface area (Å²) >= 11 is 5.92. The minimum absolute atomic E-state index is 0.145. The third-order valence-corrected chi connectivity index (χ3v) is 5.51. The first-order valence-corrected chi connectivity index (χ1v) is 11.1. The van der Waals surface area contributed by atoms with E-state index in [-0.39, 0.29) is 5.91 Å². The Morgan fingerprint density at radius 2 is 1.85 bits per heavy atom. The number of halogens is 1. The van der Waals surface area contributed by atoms with Crippen molar-refractivity contribution in [3.8, 4) is 11.5 Å². The highest BCUT2D eigenvalue weighted by atomic mass is 35.5. The Bertz CT molecular complexity index is 1260. The van der Waals surface area contributed by atoms with Crippen molar-refractivity contribution in [3.05, 3.63) is 101 Å². The smallest absolute Gasteiger partial charge is 0.244 e. The molecule has 168 valence electrons. The molecule has 4 aromatic rings. The molecular formula is C27H25ClN2O3. The number of rotatable bonds is 9. The van der Waals surface area contributed by atoms with Gasteiger partial charge in [-0.1, -0.05) is 48.0 Å². The van der Waals surface area contributed by atoms with Gasteiger partial charge in [0.1, 0.15) is 6.61 Å². The van der Waals surface area contributed by atoms with E-state index in [2.05, 4.69) is 28.1 Å². The van der Waals surface area contributed by atoms with Crippen LogP contribution in [0.5, 0.6) is 11.5 Å². The first kappa shape index (κ1) is 22.5. The van der Waals surface area contributed by atoms with Crippen molar-refractivity contribution in [1.82, 2.24) is 9.88 Å².